The van der Waals surface area contributed by atoms with E-state index in [1.807, 2.05) is 66.7 Å². The molecule has 0 unspecified atom stereocenters. The van der Waals surface area contributed by atoms with Crippen LogP contribution in [0.25, 0.3) is 11.0 Å². The molecule has 2 aromatic carbocycles. The minimum atomic E-state index is -1.41. The van der Waals surface area contributed by atoms with E-state index in [0.29, 0.717) is 31.3 Å². The molecule has 13 nitrogen and oxygen atoms in total. The summed E-state index contributed by atoms with van der Waals surface area (Å²) in [4.78, 5) is 59.7. The number of aromatic nitrogens is 3. The van der Waals surface area contributed by atoms with Crippen LogP contribution < -0.4 is 5.32 Å². The van der Waals surface area contributed by atoms with Gasteiger partial charge in [0.1, 0.15) is 30.4 Å². The molecule has 5 heterocycles. The van der Waals surface area contributed by atoms with Crippen molar-refractivity contribution in [3.63, 3.8) is 0 Å². The van der Waals surface area contributed by atoms with E-state index in [9.17, 15) is 24.3 Å². The fourth-order valence-electron chi connectivity index (χ4n) is 7.78. The predicted octanol–water partition coefficient (Wildman–Crippen LogP) is 2.67. The summed E-state index contributed by atoms with van der Waals surface area (Å²) in [6, 6.07) is 15.1. The molecule has 262 valence electrons. The minimum absolute atomic E-state index is 0.0623. The van der Waals surface area contributed by atoms with Gasteiger partial charge in [-0.25, -0.2) is 4.68 Å². The molecule has 1 aromatic heterocycles. The van der Waals surface area contributed by atoms with Gasteiger partial charge >= 0.3 is 5.97 Å². The van der Waals surface area contributed by atoms with Crippen LogP contribution in [0.5, 0.6) is 0 Å². The van der Waals surface area contributed by atoms with Crippen molar-refractivity contribution in [1.82, 2.24) is 30.1 Å². The molecule has 50 heavy (non-hydrogen) atoms. The second kappa shape index (κ2) is 14.5. The molecule has 13 heteroatoms. The molecule has 6 atom stereocenters. The Morgan fingerprint density at radius 1 is 0.940 bits per heavy atom. The third-order valence-corrected chi connectivity index (χ3v) is 10.2. The number of esters is 1. The topological polar surface area (TPSA) is 156 Å². The lowest BCUT2D eigenvalue weighted by molar-refractivity contribution is -0.149. The zero-order valence-electron chi connectivity index (χ0n) is 27.8. The second-order valence-electron chi connectivity index (χ2n) is 13.3. The van der Waals surface area contributed by atoms with Crippen molar-refractivity contribution in [2.45, 2.75) is 69.0 Å². The van der Waals surface area contributed by atoms with Crippen molar-refractivity contribution in [1.29, 1.82) is 0 Å². The summed E-state index contributed by atoms with van der Waals surface area (Å²) >= 11 is 0. The number of rotatable bonds is 9. The number of carbonyl (C=O) groups is 4. The molecule has 0 radical (unpaired) electrons. The molecule has 1 spiro atoms. The monoisotopic (exact) mass is 682 g/mol. The molecule has 3 amide bonds. The van der Waals surface area contributed by atoms with Gasteiger partial charge in [0, 0.05) is 26.1 Å². The summed E-state index contributed by atoms with van der Waals surface area (Å²) in [6.07, 6.45) is 9.71. The Labute approximate surface area is 289 Å². The first-order valence-electron chi connectivity index (χ1n) is 17.4. The van der Waals surface area contributed by atoms with Gasteiger partial charge in [-0.15, -0.1) is 5.10 Å². The van der Waals surface area contributed by atoms with E-state index >= 15 is 0 Å². The number of nitrogens with zero attached hydrogens (tertiary/aromatic N) is 5. The number of hydrogen-bond donors (Lipinski definition) is 2. The Hall–Kier alpha value is -4.88. The first kappa shape index (κ1) is 33.6. The highest BCUT2D eigenvalue weighted by molar-refractivity contribution is 5.99. The number of allylic oxidation sites excluding steroid dienone is 1. The van der Waals surface area contributed by atoms with Crippen molar-refractivity contribution < 1.29 is 33.8 Å². The molecule has 3 aromatic rings. The highest BCUT2D eigenvalue weighted by Crippen LogP contribution is 2.53. The van der Waals surface area contributed by atoms with E-state index < -0.39 is 41.5 Å². The van der Waals surface area contributed by atoms with Gasteiger partial charge in [0.15, 0.2) is 0 Å². The summed E-state index contributed by atoms with van der Waals surface area (Å²) in [5, 5.41) is 20.9. The molecular weight excluding hydrogens is 640 g/mol. The summed E-state index contributed by atoms with van der Waals surface area (Å²) in [6.45, 7) is 0.682. The van der Waals surface area contributed by atoms with E-state index in [1.54, 1.807) is 26.6 Å². The van der Waals surface area contributed by atoms with Crippen molar-refractivity contribution in [2.75, 3.05) is 26.3 Å². The van der Waals surface area contributed by atoms with E-state index in [0.717, 1.165) is 23.9 Å². The summed E-state index contributed by atoms with van der Waals surface area (Å²) in [7, 11) is 0. The summed E-state index contributed by atoms with van der Waals surface area (Å²) in [5.74, 6) is -3.34. The normalized spacial score (nSPS) is 29.0. The smallest absolute Gasteiger partial charge is 0.306 e. The maximum atomic E-state index is 14.8. The number of nitrogens with one attached hydrogen (secondary N) is 1. The number of para-hydroxylation sites is 1. The van der Waals surface area contributed by atoms with E-state index in [4.69, 9.17) is 9.47 Å². The van der Waals surface area contributed by atoms with E-state index in [1.165, 1.54) is 0 Å². The lowest BCUT2D eigenvalue weighted by atomic mass is 9.77. The number of carbonyl (C=O) groups excluding carboxylic acids is 4. The van der Waals surface area contributed by atoms with Crippen LogP contribution in [0.3, 0.4) is 0 Å². The predicted molar refractivity (Wildman–Crippen MR) is 181 cm³/mol. The number of unbranched alkanes of at least 4 members (excludes halogenated alkanes) is 3. The first-order chi connectivity index (χ1) is 24.4. The van der Waals surface area contributed by atoms with Crippen LogP contribution >= 0.6 is 0 Å². The number of aliphatic hydroxyl groups excluding tert-OH is 1. The molecule has 4 aliphatic rings. The Morgan fingerprint density at radius 2 is 1.74 bits per heavy atom. The third kappa shape index (κ3) is 6.31. The number of hydrogen-bond acceptors (Lipinski definition) is 9. The zero-order valence-corrected chi connectivity index (χ0v) is 27.8. The average Bonchev–Trinajstić information content (AvgIpc) is 3.72. The SMILES string of the molecule is O=C1CC/C=C\[C@@H]2O[C@@]34C=CCN(Cn5nnc6ccccc65)C(=O)[C@@H]3N(CCCCCCO)C(=O)[C@H]4[C@@H]2C(=O)N[C@@H](c2ccccc2)CO1. The molecule has 0 saturated carbocycles. The lowest BCUT2D eigenvalue weighted by Gasteiger charge is -2.35. The quantitative estimate of drug-likeness (QED) is 0.197. The molecular formula is C37H42N6O7. The van der Waals surface area contributed by atoms with Crippen molar-refractivity contribution in [2.24, 2.45) is 11.8 Å². The van der Waals surface area contributed by atoms with Crippen molar-refractivity contribution >= 4 is 34.7 Å². The van der Waals surface area contributed by atoms with Gasteiger partial charge in [0.2, 0.25) is 11.8 Å². The number of likely N-dealkylation sites (tertiary alicyclic amines) is 1. The molecule has 0 bridgehead atoms. The van der Waals surface area contributed by atoms with Gasteiger partial charge in [0.05, 0.1) is 29.5 Å². The van der Waals surface area contributed by atoms with Crippen LogP contribution in [-0.2, 0) is 35.3 Å². The lowest BCUT2D eigenvalue weighted by Crippen LogP contribution is -2.55. The largest absolute Gasteiger partial charge is 0.463 e. The highest BCUT2D eigenvalue weighted by Gasteiger charge is 2.71. The van der Waals surface area contributed by atoms with Crippen LogP contribution in [0.1, 0.15) is 50.1 Å². The van der Waals surface area contributed by atoms with Gasteiger partial charge in [-0.05, 0) is 37.0 Å². The molecule has 7 rings (SSSR count). The molecule has 2 N–H and O–H groups in total. The number of amides is 3. The number of fused-ring (bicyclic) bond motifs is 3. The molecule has 4 aliphatic heterocycles. The van der Waals surface area contributed by atoms with E-state index in [-0.39, 0.29) is 50.6 Å². The Bertz CT molecular complexity index is 1790. The summed E-state index contributed by atoms with van der Waals surface area (Å²) in [5.41, 5.74) is 0.822. The van der Waals surface area contributed by atoms with Gasteiger partial charge < -0.3 is 29.7 Å². The number of benzene rings is 2. The van der Waals surface area contributed by atoms with Gasteiger partial charge in [-0.1, -0.05) is 84.8 Å². The maximum Gasteiger partial charge on any atom is 0.306 e. The van der Waals surface area contributed by atoms with Gasteiger partial charge in [-0.3, -0.25) is 19.2 Å². The minimum Gasteiger partial charge on any atom is -0.463 e. The number of aliphatic hydroxyl groups is 1. The third-order valence-electron chi connectivity index (χ3n) is 10.2. The summed E-state index contributed by atoms with van der Waals surface area (Å²) < 4.78 is 14.1. The number of cyclic esters (lactones) is 1. The second-order valence-corrected chi connectivity index (χ2v) is 13.3. The average molecular weight is 683 g/mol. The van der Waals surface area contributed by atoms with Crippen LogP contribution in [0.4, 0.5) is 0 Å². The van der Waals surface area contributed by atoms with Crippen molar-refractivity contribution in [3.8, 4) is 0 Å². The van der Waals surface area contributed by atoms with Gasteiger partial charge in [-0.2, -0.15) is 0 Å². The Balaban J connectivity index is 1.25. The molecule has 2 saturated heterocycles. The maximum absolute atomic E-state index is 14.8. The van der Waals surface area contributed by atoms with Crippen LogP contribution in [-0.4, -0.2) is 97.6 Å². The number of ether oxygens (including phenoxy) is 2. The standard InChI is InChI=1S/C37H42N6O7/c44-22-11-2-1-10-21-42-33-36(48)41(24-43-28-16-7-6-15-26(28)39-40-43)20-12-19-37(33)32(35(42)47)31-29(50-37)17-8-9-18-30(45)49-23-27(38-34(31)46)25-13-4-3-5-14-25/h3-8,12-17,19,27,29,31-33,44H,1-2,9-11,18,20-24H2,(H,38,46)/b17-8-/t27-,29+,31-,32-,33+,37-/m1/s1. The first-order valence-corrected chi connectivity index (χ1v) is 17.4. The fraction of sp³-hybridized carbons (Fsp3) is 0.459. The zero-order chi connectivity index (χ0) is 34.7. The highest BCUT2D eigenvalue weighted by atomic mass is 16.5. The Morgan fingerprint density at radius 3 is 2.58 bits per heavy atom. The Kier molecular flexibility index (Phi) is 9.77. The van der Waals surface area contributed by atoms with Crippen LogP contribution in [0, 0.1) is 11.8 Å². The van der Waals surface area contributed by atoms with Crippen molar-refractivity contribution in [3.05, 3.63) is 84.5 Å². The van der Waals surface area contributed by atoms with Crippen LogP contribution in [0.15, 0.2) is 78.9 Å². The molecule has 2 fully saturated rings. The fourth-order valence-corrected chi connectivity index (χ4v) is 7.78. The van der Waals surface area contributed by atoms with Gasteiger partial charge in [0.25, 0.3) is 5.91 Å². The van der Waals surface area contributed by atoms with E-state index in [2.05, 4.69) is 15.6 Å². The molecule has 0 aliphatic carbocycles. The van der Waals surface area contributed by atoms with Crippen LogP contribution in [0.2, 0.25) is 0 Å².